The Hall–Kier alpha value is -2.61. The van der Waals surface area contributed by atoms with Gasteiger partial charge in [-0.3, -0.25) is 4.79 Å². The van der Waals surface area contributed by atoms with Gasteiger partial charge in [-0.15, -0.1) is 0 Å². The zero-order chi connectivity index (χ0) is 19.3. The lowest BCUT2D eigenvalue weighted by atomic mass is 10.1. The highest BCUT2D eigenvalue weighted by molar-refractivity contribution is 5.99. The highest BCUT2D eigenvalue weighted by Crippen LogP contribution is 2.40. The van der Waals surface area contributed by atoms with Gasteiger partial charge in [0, 0.05) is 31.4 Å². The van der Waals surface area contributed by atoms with Crippen molar-refractivity contribution in [3.8, 4) is 0 Å². The Labute approximate surface area is 155 Å². The van der Waals surface area contributed by atoms with Crippen LogP contribution in [0.4, 0.5) is 15.8 Å². The predicted molar refractivity (Wildman–Crippen MR) is 102 cm³/mol. The lowest BCUT2D eigenvalue weighted by Gasteiger charge is -2.27. The minimum atomic E-state index is -1.33. The molecule has 2 aliphatic rings. The molecule has 2 heterocycles. The Kier molecular flexibility index (Phi) is 4.30. The molecule has 4 rings (SSSR count). The molecule has 2 aromatic rings. The lowest BCUT2D eigenvalue weighted by molar-refractivity contribution is 0.0695. The molecular weight excluding hydrogens is 351 g/mol. The fourth-order valence-electron chi connectivity index (χ4n) is 3.93. The topological polar surface area (TPSA) is 115 Å². The van der Waals surface area contributed by atoms with E-state index in [-0.39, 0.29) is 28.7 Å². The van der Waals surface area contributed by atoms with E-state index >= 15 is 4.39 Å². The van der Waals surface area contributed by atoms with Crippen molar-refractivity contribution in [3.63, 3.8) is 0 Å². The Morgan fingerprint density at radius 1 is 1.26 bits per heavy atom. The number of carboxylic acids is 1. The first-order valence-corrected chi connectivity index (χ1v) is 9.29. The number of nitrogens with zero attached hydrogens (tertiary/aromatic N) is 2. The Morgan fingerprint density at radius 2 is 2.00 bits per heavy atom. The van der Waals surface area contributed by atoms with Gasteiger partial charge >= 0.3 is 5.97 Å². The molecule has 1 aliphatic heterocycles. The summed E-state index contributed by atoms with van der Waals surface area (Å²) in [6.45, 7) is 1.18. The second-order valence-electron chi connectivity index (χ2n) is 7.53. The normalized spacial score (nSPS) is 20.7. The summed E-state index contributed by atoms with van der Waals surface area (Å²) in [4.78, 5) is 26.0. The number of carboxylic acid groups (broad SMARTS) is 1. The third-order valence-electron chi connectivity index (χ3n) is 5.50. The van der Waals surface area contributed by atoms with E-state index in [1.165, 1.54) is 6.20 Å². The number of fused-ring (bicyclic) bond motifs is 1. The molecule has 1 aliphatic carbocycles. The van der Waals surface area contributed by atoms with Crippen LogP contribution in [0, 0.1) is 5.82 Å². The second-order valence-corrected chi connectivity index (χ2v) is 7.53. The van der Waals surface area contributed by atoms with Gasteiger partial charge in [0.05, 0.1) is 22.3 Å². The maximum Gasteiger partial charge on any atom is 0.341 e. The van der Waals surface area contributed by atoms with Gasteiger partial charge in [-0.1, -0.05) is 6.42 Å². The smallest absolute Gasteiger partial charge is 0.341 e. The van der Waals surface area contributed by atoms with Crippen LogP contribution in [0.15, 0.2) is 17.1 Å². The van der Waals surface area contributed by atoms with Gasteiger partial charge in [-0.05, 0) is 31.7 Å². The minimum absolute atomic E-state index is 0.0520. The third-order valence-corrected chi connectivity index (χ3v) is 5.50. The van der Waals surface area contributed by atoms with Crippen molar-refractivity contribution in [2.24, 2.45) is 5.73 Å². The summed E-state index contributed by atoms with van der Waals surface area (Å²) in [5.41, 5.74) is 11.5. The highest BCUT2D eigenvalue weighted by atomic mass is 19.1. The number of nitrogen functional groups attached to an aromatic ring is 1. The van der Waals surface area contributed by atoms with Crippen LogP contribution in [0.25, 0.3) is 10.9 Å². The molecule has 1 aromatic heterocycles. The summed E-state index contributed by atoms with van der Waals surface area (Å²) >= 11 is 0. The van der Waals surface area contributed by atoms with Gasteiger partial charge in [0.25, 0.3) is 0 Å². The van der Waals surface area contributed by atoms with E-state index in [2.05, 4.69) is 0 Å². The number of pyridine rings is 1. The zero-order valence-corrected chi connectivity index (χ0v) is 14.9. The molecule has 27 heavy (non-hydrogen) atoms. The number of halogens is 1. The molecule has 8 heteroatoms. The maximum absolute atomic E-state index is 15.1. The molecule has 0 amide bonds. The largest absolute Gasteiger partial charge is 0.477 e. The summed E-state index contributed by atoms with van der Waals surface area (Å²) in [5.74, 6) is -2.02. The number of carbonyl (C=O) groups is 1. The van der Waals surface area contributed by atoms with Crippen molar-refractivity contribution in [2.45, 2.75) is 44.2 Å². The fraction of sp³-hybridized carbons (Fsp3) is 0.474. The molecule has 1 atom stereocenters. The van der Waals surface area contributed by atoms with Gasteiger partial charge in [0.15, 0.2) is 5.82 Å². The van der Waals surface area contributed by atoms with E-state index in [1.807, 2.05) is 4.90 Å². The monoisotopic (exact) mass is 374 g/mol. The van der Waals surface area contributed by atoms with Crippen molar-refractivity contribution in [1.82, 2.24) is 4.57 Å². The van der Waals surface area contributed by atoms with Gasteiger partial charge in [0.1, 0.15) is 5.56 Å². The quantitative estimate of drug-likeness (QED) is 0.709. The molecule has 144 valence electrons. The van der Waals surface area contributed by atoms with Gasteiger partial charge in [0.2, 0.25) is 5.43 Å². The van der Waals surface area contributed by atoms with Crippen molar-refractivity contribution in [3.05, 3.63) is 33.9 Å². The maximum atomic E-state index is 15.1. The predicted octanol–water partition coefficient (Wildman–Crippen LogP) is 2.07. The number of anilines is 2. The lowest BCUT2D eigenvalue weighted by Crippen LogP contribution is -2.36. The average Bonchev–Trinajstić information content (AvgIpc) is 3.45. The van der Waals surface area contributed by atoms with Crippen molar-refractivity contribution >= 4 is 28.2 Å². The van der Waals surface area contributed by atoms with Crippen molar-refractivity contribution in [2.75, 3.05) is 23.7 Å². The molecule has 1 unspecified atom stereocenters. The minimum Gasteiger partial charge on any atom is -0.477 e. The number of hydrogen-bond donors (Lipinski definition) is 3. The van der Waals surface area contributed by atoms with Crippen LogP contribution in [0.3, 0.4) is 0 Å². The first-order chi connectivity index (χ1) is 12.9. The molecule has 5 N–H and O–H groups in total. The number of benzene rings is 1. The summed E-state index contributed by atoms with van der Waals surface area (Å²) in [5, 5.41) is 9.31. The van der Waals surface area contributed by atoms with Gasteiger partial charge in [-0.25, -0.2) is 9.18 Å². The molecular formula is C19H23FN4O3. The van der Waals surface area contributed by atoms with Crippen LogP contribution in [-0.2, 0) is 0 Å². The average molecular weight is 374 g/mol. The van der Waals surface area contributed by atoms with Crippen LogP contribution in [-0.4, -0.2) is 34.8 Å². The van der Waals surface area contributed by atoms with Crippen molar-refractivity contribution < 1.29 is 14.3 Å². The number of aromatic nitrogens is 1. The molecule has 2 fully saturated rings. The zero-order valence-electron chi connectivity index (χ0n) is 14.9. The molecule has 1 saturated carbocycles. The summed E-state index contributed by atoms with van der Waals surface area (Å²) in [6, 6.07) is 1.68. The standard InChI is InChI=1S/C19H23FN4O3/c20-16-14(23-6-2-1-3-10(21)8-23)7-13-15(17(16)22)18(25)12(19(26)27)9-24(13)11-4-5-11/h7,9-11H,1-6,8,21-22H2,(H,26,27). The molecule has 0 bridgehead atoms. The van der Waals surface area contributed by atoms with E-state index < -0.39 is 17.2 Å². The summed E-state index contributed by atoms with van der Waals surface area (Å²) < 4.78 is 16.9. The number of hydrogen-bond acceptors (Lipinski definition) is 5. The second kappa shape index (κ2) is 6.53. The van der Waals surface area contributed by atoms with E-state index in [9.17, 15) is 14.7 Å². The van der Waals surface area contributed by atoms with Crippen LogP contribution in [0.5, 0.6) is 0 Å². The molecule has 0 spiro atoms. The molecule has 0 radical (unpaired) electrons. The van der Waals surface area contributed by atoms with E-state index in [0.717, 1.165) is 32.1 Å². The van der Waals surface area contributed by atoms with Gasteiger partial charge in [-0.2, -0.15) is 0 Å². The van der Waals surface area contributed by atoms with Crippen LogP contribution < -0.4 is 21.8 Å². The van der Waals surface area contributed by atoms with E-state index in [0.29, 0.717) is 24.3 Å². The summed E-state index contributed by atoms with van der Waals surface area (Å²) in [7, 11) is 0. The molecule has 1 aromatic carbocycles. The number of rotatable bonds is 3. The van der Waals surface area contributed by atoms with Crippen LogP contribution in [0.1, 0.15) is 48.5 Å². The summed E-state index contributed by atoms with van der Waals surface area (Å²) in [6.07, 6.45) is 5.90. The Balaban J connectivity index is 1.97. The first-order valence-electron chi connectivity index (χ1n) is 9.29. The Morgan fingerprint density at radius 3 is 2.67 bits per heavy atom. The van der Waals surface area contributed by atoms with E-state index in [1.54, 1.807) is 10.6 Å². The first kappa shape index (κ1) is 17.8. The molecule has 7 nitrogen and oxygen atoms in total. The number of nitrogens with two attached hydrogens (primary N) is 2. The van der Waals surface area contributed by atoms with E-state index in [4.69, 9.17) is 11.5 Å². The Bertz CT molecular complexity index is 983. The van der Waals surface area contributed by atoms with Crippen LogP contribution in [0.2, 0.25) is 0 Å². The number of aromatic carboxylic acids is 1. The SMILES string of the molecule is Nc1c(F)c(N2CCCCC(N)C2)cc2c1c(=O)c(C(=O)O)cn2C1CC1. The molecule has 1 saturated heterocycles. The van der Waals surface area contributed by atoms with Crippen molar-refractivity contribution in [1.29, 1.82) is 0 Å². The third kappa shape index (κ3) is 3.03. The highest BCUT2D eigenvalue weighted by Gasteiger charge is 2.30. The fourth-order valence-corrected chi connectivity index (χ4v) is 3.93. The van der Waals surface area contributed by atoms with Gasteiger partial charge < -0.3 is 26.0 Å². The van der Waals surface area contributed by atoms with Crippen LogP contribution >= 0.6 is 0 Å².